The maximum atomic E-state index is 9.68. The Morgan fingerprint density at radius 2 is 2.38 bits per heavy atom. The topological polar surface area (TPSA) is 63.3 Å². The van der Waals surface area contributed by atoms with Crippen LogP contribution in [0.5, 0.6) is 0 Å². The molecule has 3 N–H and O–H groups in total. The van der Waals surface area contributed by atoms with Gasteiger partial charge in [0.1, 0.15) is 0 Å². The summed E-state index contributed by atoms with van der Waals surface area (Å²) in [4.78, 5) is 9.68. The summed E-state index contributed by atoms with van der Waals surface area (Å²) < 4.78 is 0. The molecule has 0 heterocycles. The van der Waals surface area contributed by atoms with Crippen molar-refractivity contribution in [3.8, 4) is 0 Å². The van der Waals surface area contributed by atoms with Crippen molar-refractivity contribution in [2.24, 2.45) is 5.73 Å². The van der Waals surface area contributed by atoms with Gasteiger partial charge in [0.2, 0.25) is 6.29 Å². The summed E-state index contributed by atoms with van der Waals surface area (Å²) in [6.07, 6.45) is 2.72. The summed E-state index contributed by atoms with van der Waals surface area (Å²) >= 11 is 0. The molecule has 0 aliphatic carbocycles. The minimum atomic E-state index is -0.512. The van der Waals surface area contributed by atoms with E-state index in [-0.39, 0.29) is 6.61 Å². The second-order valence-corrected chi connectivity index (χ2v) is 1.59. The summed E-state index contributed by atoms with van der Waals surface area (Å²) in [6, 6.07) is -0.512. The fraction of sp³-hybridized carbons (Fsp3) is 0.800. The van der Waals surface area contributed by atoms with Gasteiger partial charge in [-0.2, -0.15) is 0 Å². The first-order valence-corrected chi connectivity index (χ1v) is 2.55. The van der Waals surface area contributed by atoms with Crippen LogP contribution in [-0.4, -0.2) is 24.0 Å². The number of hydrogen-bond donors (Lipinski definition) is 2. The van der Waals surface area contributed by atoms with E-state index in [1.807, 2.05) is 0 Å². The molecule has 47 valence electrons. The van der Waals surface area contributed by atoms with Gasteiger partial charge in [-0.25, -0.2) is 0 Å². The van der Waals surface area contributed by atoms with Gasteiger partial charge in [-0.3, -0.25) is 4.79 Å². The summed E-state index contributed by atoms with van der Waals surface area (Å²) in [5.74, 6) is 0. The highest BCUT2D eigenvalue weighted by Crippen LogP contribution is 1.88. The van der Waals surface area contributed by atoms with Gasteiger partial charge in [0, 0.05) is 6.61 Å². The average molecular weight is 116 g/mol. The van der Waals surface area contributed by atoms with E-state index < -0.39 is 6.04 Å². The zero-order valence-electron chi connectivity index (χ0n) is 4.63. The van der Waals surface area contributed by atoms with Crippen molar-refractivity contribution in [2.75, 3.05) is 6.61 Å². The Kier molecular flexibility index (Phi) is 4.50. The van der Waals surface area contributed by atoms with Crippen LogP contribution in [-0.2, 0) is 4.79 Å². The summed E-state index contributed by atoms with van der Waals surface area (Å²) in [7, 11) is 0. The fourth-order valence-corrected chi connectivity index (χ4v) is 0.370. The second kappa shape index (κ2) is 4.74. The first kappa shape index (κ1) is 7.59. The van der Waals surface area contributed by atoms with E-state index in [9.17, 15) is 4.79 Å². The highest BCUT2D eigenvalue weighted by molar-refractivity contribution is 5.57. The first-order valence-electron chi connectivity index (χ1n) is 2.55. The largest absolute Gasteiger partial charge is 0.396 e. The number of carbonyl (C=O) groups excluding carboxylic acids is 1. The Hall–Kier alpha value is -0.410. The van der Waals surface area contributed by atoms with Crippen molar-refractivity contribution < 1.29 is 9.90 Å². The second-order valence-electron chi connectivity index (χ2n) is 1.59. The lowest BCUT2D eigenvalue weighted by Crippen LogP contribution is -2.21. The zero-order chi connectivity index (χ0) is 6.41. The molecule has 8 heavy (non-hydrogen) atoms. The minimum Gasteiger partial charge on any atom is -0.396 e. The molecule has 0 aromatic carbocycles. The SMILES string of the molecule is NC([C]=O)CCCO. The molecule has 0 amide bonds. The maximum absolute atomic E-state index is 9.68. The van der Waals surface area contributed by atoms with E-state index >= 15 is 0 Å². The molecule has 0 spiro atoms. The fourth-order valence-electron chi connectivity index (χ4n) is 0.370. The van der Waals surface area contributed by atoms with Gasteiger partial charge < -0.3 is 10.8 Å². The van der Waals surface area contributed by atoms with Crippen molar-refractivity contribution in [1.29, 1.82) is 0 Å². The van der Waals surface area contributed by atoms with E-state index in [1.165, 1.54) is 0 Å². The maximum Gasteiger partial charge on any atom is 0.216 e. The minimum absolute atomic E-state index is 0.0926. The summed E-state index contributed by atoms with van der Waals surface area (Å²) in [5, 5.41) is 8.23. The normalized spacial score (nSPS) is 13.2. The molecule has 0 rings (SSSR count). The lowest BCUT2D eigenvalue weighted by atomic mass is 10.2. The molecule has 0 aromatic heterocycles. The van der Waals surface area contributed by atoms with Crippen molar-refractivity contribution in [2.45, 2.75) is 18.9 Å². The van der Waals surface area contributed by atoms with Crippen LogP contribution in [0, 0.1) is 0 Å². The van der Waals surface area contributed by atoms with E-state index in [1.54, 1.807) is 6.29 Å². The van der Waals surface area contributed by atoms with Crippen LogP contribution in [0.15, 0.2) is 0 Å². The molecule has 0 aliphatic heterocycles. The molecule has 1 atom stereocenters. The molecule has 1 radical (unpaired) electrons. The van der Waals surface area contributed by atoms with Crippen LogP contribution in [0.4, 0.5) is 0 Å². The third-order valence-electron chi connectivity index (χ3n) is 0.825. The predicted molar refractivity (Wildman–Crippen MR) is 30.0 cm³/mol. The van der Waals surface area contributed by atoms with E-state index in [4.69, 9.17) is 10.8 Å². The third kappa shape index (κ3) is 3.77. The number of aliphatic hydroxyl groups excluding tert-OH is 1. The molecular weight excluding hydrogens is 106 g/mol. The Bertz CT molecular complexity index is 65.4. The number of hydrogen-bond acceptors (Lipinski definition) is 3. The molecule has 0 saturated heterocycles. The summed E-state index contributed by atoms with van der Waals surface area (Å²) in [5.41, 5.74) is 5.12. The standard InChI is InChI=1S/C5H10NO2/c6-5(4-8)2-1-3-7/h5,7H,1-3,6H2. The lowest BCUT2D eigenvalue weighted by molar-refractivity contribution is 0.283. The predicted octanol–water partition coefficient (Wildman–Crippen LogP) is -0.804. The third-order valence-corrected chi connectivity index (χ3v) is 0.825. The van der Waals surface area contributed by atoms with Crippen LogP contribution in [0.2, 0.25) is 0 Å². The molecule has 0 aromatic rings. The van der Waals surface area contributed by atoms with Crippen molar-refractivity contribution in [3.63, 3.8) is 0 Å². The van der Waals surface area contributed by atoms with Crippen LogP contribution in [0.3, 0.4) is 0 Å². The Labute approximate surface area is 48.5 Å². The molecule has 1 unspecified atom stereocenters. The Balaban J connectivity index is 2.98. The number of nitrogens with two attached hydrogens (primary N) is 1. The van der Waals surface area contributed by atoms with E-state index in [0.717, 1.165) is 0 Å². The average Bonchev–Trinajstić information content (AvgIpc) is 1.83. The molecular formula is C5H10NO2. The molecule has 0 aliphatic rings. The van der Waals surface area contributed by atoms with Gasteiger partial charge >= 0.3 is 0 Å². The van der Waals surface area contributed by atoms with Crippen molar-refractivity contribution in [1.82, 2.24) is 0 Å². The highest BCUT2D eigenvalue weighted by Gasteiger charge is 1.97. The van der Waals surface area contributed by atoms with Gasteiger partial charge in [0.25, 0.3) is 0 Å². The molecule has 0 bridgehead atoms. The van der Waals surface area contributed by atoms with Crippen LogP contribution >= 0.6 is 0 Å². The number of aliphatic hydroxyl groups is 1. The molecule has 3 heteroatoms. The van der Waals surface area contributed by atoms with Crippen LogP contribution in [0.1, 0.15) is 12.8 Å². The smallest absolute Gasteiger partial charge is 0.216 e. The van der Waals surface area contributed by atoms with Gasteiger partial charge in [-0.15, -0.1) is 0 Å². The quantitative estimate of drug-likeness (QED) is 0.505. The van der Waals surface area contributed by atoms with Gasteiger partial charge in [0.05, 0.1) is 6.04 Å². The van der Waals surface area contributed by atoms with Gasteiger partial charge in [0.15, 0.2) is 0 Å². The van der Waals surface area contributed by atoms with E-state index in [0.29, 0.717) is 12.8 Å². The zero-order valence-corrected chi connectivity index (χ0v) is 4.63. The van der Waals surface area contributed by atoms with Crippen molar-refractivity contribution >= 4 is 6.29 Å². The lowest BCUT2D eigenvalue weighted by Gasteiger charge is -1.97. The van der Waals surface area contributed by atoms with Crippen molar-refractivity contribution in [3.05, 3.63) is 0 Å². The first-order chi connectivity index (χ1) is 3.81. The molecule has 3 nitrogen and oxygen atoms in total. The van der Waals surface area contributed by atoms with Crippen LogP contribution < -0.4 is 5.73 Å². The number of rotatable bonds is 4. The molecule has 0 fully saturated rings. The summed E-state index contributed by atoms with van der Waals surface area (Å²) in [6.45, 7) is 0.0926. The molecule has 0 saturated carbocycles. The van der Waals surface area contributed by atoms with E-state index in [2.05, 4.69) is 0 Å². The Morgan fingerprint density at radius 3 is 2.75 bits per heavy atom. The highest BCUT2D eigenvalue weighted by atomic mass is 16.2. The monoisotopic (exact) mass is 116 g/mol. The van der Waals surface area contributed by atoms with Gasteiger partial charge in [-0.05, 0) is 12.8 Å². The van der Waals surface area contributed by atoms with Crippen LogP contribution in [0.25, 0.3) is 0 Å². The van der Waals surface area contributed by atoms with Gasteiger partial charge in [-0.1, -0.05) is 0 Å². The Morgan fingerprint density at radius 1 is 1.75 bits per heavy atom.